The number of carboxylic acid groups (broad SMARTS) is 1. The van der Waals surface area contributed by atoms with Crippen molar-refractivity contribution in [2.45, 2.75) is 31.4 Å². The number of carbonyl (C=O) groups is 1. The van der Waals surface area contributed by atoms with E-state index in [2.05, 4.69) is 5.32 Å². The summed E-state index contributed by atoms with van der Waals surface area (Å²) < 4.78 is 23.7. The van der Waals surface area contributed by atoms with Crippen LogP contribution in [0.5, 0.6) is 0 Å². The third kappa shape index (κ3) is 2.62. The van der Waals surface area contributed by atoms with Gasteiger partial charge in [0.15, 0.2) is 0 Å². The lowest BCUT2D eigenvalue weighted by atomic mass is 9.79. The first-order valence-corrected chi connectivity index (χ1v) is 4.44. The van der Waals surface area contributed by atoms with Crippen molar-refractivity contribution in [3.63, 3.8) is 0 Å². The minimum absolute atomic E-state index is 0.258. The summed E-state index contributed by atoms with van der Waals surface area (Å²) in [6.07, 6.45) is -3.28. The van der Waals surface area contributed by atoms with Crippen molar-refractivity contribution in [1.82, 2.24) is 5.32 Å². The van der Waals surface area contributed by atoms with E-state index < -0.39 is 24.4 Å². The number of hydrogen-bond donors (Lipinski definition) is 3. The van der Waals surface area contributed by atoms with Crippen LogP contribution in [0.15, 0.2) is 0 Å². The van der Waals surface area contributed by atoms with E-state index in [0.717, 1.165) is 0 Å². The van der Waals surface area contributed by atoms with Gasteiger partial charge in [0, 0.05) is 12.6 Å². The summed E-state index contributed by atoms with van der Waals surface area (Å²) in [4.78, 5) is 10.5. The van der Waals surface area contributed by atoms with Crippen LogP contribution in [0.25, 0.3) is 0 Å². The number of aliphatic carboxylic acids is 1. The highest BCUT2D eigenvalue weighted by atomic mass is 19.3. The second-order valence-corrected chi connectivity index (χ2v) is 3.44. The molecule has 0 saturated heterocycles. The number of aliphatic hydroxyl groups is 1. The maximum Gasteiger partial charge on any atom is 0.308 e. The third-order valence-corrected chi connectivity index (χ3v) is 2.47. The second kappa shape index (κ2) is 4.65. The molecular weight excluding hydrogens is 196 g/mol. The van der Waals surface area contributed by atoms with Crippen molar-refractivity contribution in [3.8, 4) is 0 Å². The summed E-state index contributed by atoms with van der Waals surface area (Å²) in [5, 5.41) is 20.0. The van der Waals surface area contributed by atoms with Gasteiger partial charge >= 0.3 is 5.97 Å². The summed E-state index contributed by atoms with van der Waals surface area (Å²) in [6.45, 7) is -0.258. The van der Waals surface area contributed by atoms with Gasteiger partial charge in [-0.05, 0) is 12.8 Å². The first-order valence-electron chi connectivity index (χ1n) is 4.44. The molecule has 1 saturated carbocycles. The molecule has 3 N–H and O–H groups in total. The summed E-state index contributed by atoms with van der Waals surface area (Å²) in [6, 6.07) is -0.277. The van der Waals surface area contributed by atoms with E-state index in [4.69, 9.17) is 10.2 Å². The van der Waals surface area contributed by atoms with Gasteiger partial charge < -0.3 is 15.5 Å². The lowest BCUT2D eigenvalue weighted by Crippen LogP contribution is -2.50. The Kier molecular flexibility index (Phi) is 3.77. The van der Waals surface area contributed by atoms with Gasteiger partial charge in [-0.15, -0.1) is 0 Å². The number of rotatable bonds is 5. The van der Waals surface area contributed by atoms with E-state index in [1.165, 1.54) is 0 Å². The molecule has 0 aliphatic heterocycles. The highest BCUT2D eigenvalue weighted by Gasteiger charge is 2.36. The van der Waals surface area contributed by atoms with Crippen molar-refractivity contribution in [2.75, 3.05) is 6.54 Å². The lowest BCUT2D eigenvalue weighted by Gasteiger charge is -2.34. The fourth-order valence-electron chi connectivity index (χ4n) is 1.40. The fraction of sp³-hybridized carbons (Fsp3) is 0.875. The summed E-state index contributed by atoms with van der Waals surface area (Å²) in [7, 11) is 0. The van der Waals surface area contributed by atoms with E-state index in [0.29, 0.717) is 12.8 Å². The summed E-state index contributed by atoms with van der Waals surface area (Å²) in [5.41, 5.74) is 0. The van der Waals surface area contributed by atoms with Gasteiger partial charge in [0.1, 0.15) is 6.10 Å². The molecule has 82 valence electrons. The number of nitrogens with one attached hydrogen (secondary N) is 1. The average Bonchev–Trinajstić information content (AvgIpc) is 2.00. The van der Waals surface area contributed by atoms with Crippen LogP contribution in [-0.4, -0.2) is 41.3 Å². The lowest BCUT2D eigenvalue weighted by molar-refractivity contribution is -0.146. The van der Waals surface area contributed by atoms with E-state index >= 15 is 0 Å². The molecule has 3 atom stereocenters. The molecule has 0 radical (unpaired) electrons. The predicted octanol–water partition coefficient (Wildman–Crippen LogP) is 0.0652. The Morgan fingerprint density at radius 1 is 1.50 bits per heavy atom. The number of carboxylic acids is 1. The minimum atomic E-state index is -2.79. The molecule has 0 amide bonds. The molecular formula is C8H13F2NO3. The molecule has 0 aromatic rings. The smallest absolute Gasteiger partial charge is 0.308 e. The first kappa shape index (κ1) is 11.3. The van der Waals surface area contributed by atoms with E-state index in [-0.39, 0.29) is 12.6 Å². The van der Waals surface area contributed by atoms with Crippen molar-refractivity contribution in [3.05, 3.63) is 0 Å². The highest BCUT2D eigenvalue weighted by molar-refractivity contribution is 5.72. The maximum atomic E-state index is 11.9. The van der Waals surface area contributed by atoms with Crippen LogP contribution >= 0.6 is 0 Å². The predicted molar refractivity (Wildman–Crippen MR) is 44.2 cm³/mol. The van der Waals surface area contributed by atoms with E-state index in [9.17, 15) is 13.6 Å². The Morgan fingerprint density at radius 3 is 2.50 bits per heavy atom. The van der Waals surface area contributed by atoms with Crippen molar-refractivity contribution < 1.29 is 23.8 Å². The molecule has 3 unspecified atom stereocenters. The Bertz CT molecular complexity index is 213. The molecule has 0 heterocycles. The van der Waals surface area contributed by atoms with Gasteiger partial charge in [0.05, 0.1) is 5.92 Å². The van der Waals surface area contributed by atoms with E-state index in [1.54, 1.807) is 0 Å². The number of aliphatic hydroxyl groups excluding tert-OH is 1. The molecule has 1 fully saturated rings. The minimum Gasteiger partial charge on any atom is -0.481 e. The SMILES string of the molecule is O=C(O)C1CCC1NCC(O)C(F)F. The Hall–Kier alpha value is -0.750. The number of hydrogen-bond acceptors (Lipinski definition) is 3. The van der Waals surface area contributed by atoms with Crippen LogP contribution in [0.3, 0.4) is 0 Å². The molecule has 1 aliphatic rings. The van der Waals surface area contributed by atoms with Gasteiger partial charge in [0.25, 0.3) is 6.43 Å². The quantitative estimate of drug-likeness (QED) is 0.599. The van der Waals surface area contributed by atoms with Crippen LogP contribution in [0, 0.1) is 5.92 Å². The Balaban J connectivity index is 2.22. The van der Waals surface area contributed by atoms with Gasteiger partial charge in [-0.25, -0.2) is 8.78 Å². The van der Waals surface area contributed by atoms with Gasteiger partial charge in [-0.3, -0.25) is 4.79 Å². The average molecular weight is 209 g/mol. The highest BCUT2D eigenvalue weighted by Crippen LogP contribution is 2.27. The topological polar surface area (TPSA) is 69.6 Å². The fourth-order valence-corrected chi connectivity index (χ4v) is 1.40. The zero-order chi connectivity index (χ0) is 10.7. The molecule has 0 bridgehead atoms. The third-order valence-electron chi connectivity index (χ3n) is 2.47. The first-order chi connectivity index (χ1) is 6.52. The normalized spacial score (nSPS) is 28.6. The number of alkyl halides is 2. The Labute approximate surface area is 79.9 Å². The van der Waals surface area contributed by atoms with Crippen molar-refractivity contribution in [1.29, 1.82) is 0 Å². The van der Waals surface area contributed by atoms with Gasteiger partial charge in [-0.2, -0.15) is 0 Å². The van der Waals surface area contributed by atoms with Gasteiger partial charge in [0.2, 0.25) is 0 Å². The molecule has 1 rings (SSSR count). The van der Waals surface area contributed by atoms with Crippen LogP contribution in [0.4, 0.5) is 8.78 Å². The molecule has 14 heavy (non-hydrogen) atoms. The molecule has 4 nitrogen and oxygen atoms in total. The molecule has 6 heteroatoms. The Morgan fingerprint density at radius 2 is 2.14 bits per heavy atom. The zero-order valence-corrected chi connectivity index (χ0v) is 7.49. The van der Waals surface area contributed by atoms with Crippen LogP contribution < -0.4 is 5.32 Å². The summed E-state index contributed by atoms with van der Waals surface area (Å²) >= 11 is 0. The molecule has 0 aromatic carbocycles. The largest absolute Gasteiger partial charge is 0.481 e. The summed E-state index contributed by atoms with van der Waals surface area (Å²) in [5.74, 6) is -1.42. The maximum absolute atomic E-state index is 11.9. The zero-order valence-electron chi connectivity index (χ0n) is 7.49. The van der Waals surface area contributed by atoms with E-state index in [1.807, 2.05) is 0 Å². The monoisotopic (exact) mass is 209 g/mol. The van der Waals surface area contributed by atoms with Crippen LogP contribution in [-0.2, 0) is 4.79 Å². The van der Waals surface area contributed by atoms with Crippen molar-refractivity contribution >= 4 is 5.97 Å². The molecule has 0 spiro atoms. The van der Waals surface area contributed by atoms with Crippen LogP contribution in [0.2, 0.25) is 0 Å². The second-order valence-electron chi connectivity index (χ2n) is 3.44. The van der Waals surface area contributed by atoms with Crippen molar-refractivity contribution in [2.24, 2.45) is 5.92 Å². The molecule has 0 aromatic heterocycles. The standard InChI is InChI=1S/C8H13F2NO3/c9-7(10)6(12)3-11-5-2-1-4(5)8(13)14/h4-7,11-12H,1-3H2,(H,13,14). The number of halogens is 2. The van der Waals surface area contributed by atoms with Crippen LogP contribution in [0.1, 0.15) is 12.8 Å². The molecule has 1 aliphatic carbocycles. The van der Waals surface area contributed by atoms with Gasteiger partial charge in [-0.1, -0.05) is 0 Å².